The van der Waals surface area contributed by atoms with Gasteiger partial charge in [0.25, 0.3) is 0 Å². The topological polar surface area (TPSA) is 3.24 Å². The van der Waals surface area contributed by atoms with Crippen molar-refractivity contribution in [3.05, 3.63) is 0 Å². The molecule has 1 saturated heterocycles. The van der Waals surface area contributed by atoms with Crippen LogP contribution in [0.2, 0.25) is 0 Å². The third kappa shape index (κ3) is 3.24. The van der Waals surface area contributed by atoms with Crippen molar-refractivity contribution >= 4 is 0 Å². The Balaban J connectivity index is 0.000000686. The van der Waals surface area contributed by atoms with Crippen molar-refractivity contribution in [1.29, 1.82) is 0 Å². The maximum Gasteiger partial charge on any atom is 0.00388 e. The van der Waals surface area contributed by atoms with Crippen molar-refractivity contribution in [2.45, 2.75) is 66.8 Å². The van der Waals surface area contributed by atoms with Crippen LogP contribution in [-0.4, -0.2) is 24.0 Å². The highest BCUT2D eigenvalue weighted by Crippen LogP contribution is 2.46. The maximum atomic E-state index is 2.71. The van der Waals surface area contributed by atoms with Crippen molar-refractivity contribution < 1.29 is 0 Å². The number of hydrogen-bond acceptors (Lipinski definition) is 1. The van der Waals surface area contributed by atoms with Crippen LogP contribution in [0.3, 0.4) is 0 Å². The van der Waals surface area contributed by atoms with Gasteiger partial charge >= 0.3 is 0 Å². The SMILES string of the molecule is CC.CCC(C)C1[C@@H]2CC[C@H]1CN(C(C)C)C2. The third-order valence-electron chi connectivity index (χ3n) is 4.97. The zero-order valence-corrected chi connectivity index (χ0v) is 12.9. The number of hydrogen-bond donors (Lipinski definition) is 0. The number of fused-ring (bicyclic) bond motifs is 2. The van der Waals surface area contributed by atoms with Crippen LogP contribution < -0.4 is 0 Å². The van der Waals surface area contributed by atoms with Gasteiger partial charge in [0.1, 0.15) is 0 Å². The smallest absolute Gasteiger partial charge is 0.00388 e. The summed E-state index contributed by atoms with van der Waals surface area (Å²) in [6.45, 7) is 16.3. The number of rotatable bonds is 3. The van der Waals surface area contributed by atoms with Crippen LogP contribution in [0.1, 0.15) is 60.8 Å². The Bertz CT molecular complexity index is 198. The molecule has 2 aliphatic rings. The fourth-order valence-corrected chi connectivity index (χ4v) is 3.92. The molecule has 1 nitrogen and oxygen atoms in total. The van der Waals surface area contributed by atoms with Crippen LogP contribution in [0, 0.1) is 23.7 Å². The van der Waals surface area contributed by atoms with E-state index in [1.807, 2.05) is 13.8 Å². The second kappa shape index (κ2) is 6.78. The van der Waals surface area contributed by atoms with Gasteiger partial charge in [-0.1, -0.05) is 34.1 Å². The van der Waals surface area contributed by atoms with Crippen LogP contribution in [0.4, 0.5) is 0 Å². The van der Waals surface area contributed by atoms with Gasteiger partial charge in [-0.3, -0.25) is 0 Å². The number of piperidine rings is 1. The summed E-state index contributed by atoms with van der Waals surface area (Å²) in [6, 6.07) is 0.756. The Morgan fingerprint density at radius 3 is 1.82 bits per heavy atom. The van der Waals surface area contributed by atoms with Crippen LogP contribution in [-0.2, 0) is 0 Å². The van der Waals surface area contributed by atoms with Crippen LogP contribution in [0.5, 0.6) is 0 Å². The average Bonchev–Trinajstić information content (AvgIpc) is 2.61. The molecule has 2 fully saturated rings. The van der Waals surface area contributed by atoms with Crippen molar-refractivity contribution in [2.75, 3.05) is 13.1 Å². The average molecular weight is 239 g/mol. The minimum Gasteiger partial charge on any atom is -0.300 e. The van der Waals surface area contributed by atoms with Crippen LogP contribution in [0.25, 0.3) is 0 Å². The lowest BCUT2D eigenvalue weighted by molar-refractivity contribution is 0.0559. The largest absolute Gasteiger partial charge is 0.300 e. The first-order chi connectivity index (χ1) is 8.13. The van der Waals surface area contributed by atoms with Gasteiger partial charge in [0, 0.05) is 19.1 Å². The first kappa shape index (κ1) is 15.0. The van der Waals surface area contributed by atoms with Crippen molar-refractivity contribution in [1.82, 2.24) is 4.90 Å². The molecule has 0 radical (unpaired) electrons. The summed E-state index contributed by atoms with van der Waals surface area (Å²) in [7, 11) is 0. The van der Waals surface area contributed by atoms with Gasteiger partial charge in [-0.15, -0.1) is 0 Å². The quantitative estimate of drug-likeness (QED) is 0.704. The van der Waals surface area contributed by atoms with Gasteiger partial charge < -0.3 is 4.90 Å². The van der Waals surface area contributed by atoms with Gasteiger partial charge in [0.2, 0.25) is 0 Å². The van der Waals surface area contributed by atoms with E-state index in [-0.39, 0.29) is 0 Å². The van der Waals surface area contributed by atoms with Gasteiger partial charge in [0.05, 0.1) is 0 Å². The molecule has 1 heterocycles. The van der Waals surface area contributed by atoms with E-state index in [0.717, 1.165) is 29.7 Å². The normalized spacial score (nSPS) is 34.4. The first-order valence-corrected chi connectivity index (χ1v) is 7.87. The summed E-state index contributed by atoms with van der Waals surface area (Å²) in [5.41, 5.74) is 0. The van der Waals surface area contributed by atoms with E-state index in [1.54, 1.807) is 0 Å². The van der Waals surface area contributed by atoms with Crippen LogP contribution >= 0.6 is 0 Å². The Morgan fingerprint density at radius 2 is 1.47 bits per heavy atom. The molecule has 0 aromatic carbocycles. The molecule has 0 aromatic rings. The Labute approximate surface area is 109 Å². The van der Waals surface area contributed by atoms with E-state index in [0.29, 0.717) is 0 Å². The summed E-state index contributed by atoms with van der Waals surface area (Å²) in [5, 5.41) is 0. The Morgan fingerprint density at radius 1 is 1.00 bits per heavy atom. The van der Waals surface area contributed by atoms with Gasteiger partial charge in [-0.05, 0) is 50.4 Å². The molecular formula is C16H33N. The lowest BCUT2D eigenvalue weighted by Gasteiger charge is -2.42. The molecule has 0 amide bonds. The monoisotopic (exact) mass is 239 g/mol. The van der Waals surface area contributed by atoms with Gasteiger partial charge in [-0.2, -0.15) is 0 Å². The Hall–Kier alpha value is -0.0400. The second-order valence-corrected chi connectivity index (χ2v) is 6.11. The predicted molar refractivity (Wildman–Crippen MR) is 77.2 cm³/mol. The van der Waals surface area contributed by atoms with Gasteiger partial charge in [0.15, 0.2) is 0 Å². The minimum absolute atomic E-state index is 0.756. The molecule has 1 heteroatoms. The summed E-state index contributed by atoms with van der Waals surface area (Å²) >= 11 is 0. The Kier molecular flexibility index (Phi) is 5.99. The second-order valence-electron chi connectivity index (χ2n) is 6.11. The molecule has 0 spiro atoms. The first-order valence-electron chi connectivity index (χ1n) is 7.87. The van der Waals surface area contributed by atoms with Crippen molar-refractivity contribution in [3.8, 4) is 0 Å². The van der Waals surface area contributed by atoms with E-state index in [1.165, 1.54) is 32.4 Å². The molecule has 102 valence electrons. The molecule has 2 rings (SSSR count). The zero-order valence-electron chi connectivity index (χ0n) is 12.9. The van der Waals surface area contributed by atoms with E-state index in [2.05, 4.69) is 32.6 Å². The summed E-state index contributed by atoms with van der Waals surface area (Å²) < 4.78 is 0. The maximum absolute atomic E-state index is 2.71. The molecule has 1 aliphatic carbocycles. The highest BCUT2D eigenvalue weighted by atomic mass is 15.2. The van der Waals surface area contributed by atoms with E-state index >= 15 is 0 Å². The summed E-state index contributed by atoms with van der Waals surface area (Å²) in [4.78, 5) is 2.71. The lowest BCUT2D eigenvalue weighted by Crippen LogP contribution is -2.46. The lowest BCUT2D eigenvalue weighted by atomic mass is 9.75. The fourth-order valence-electron chi connectivity index (χ4n) is 3.92. The molecule has 17 heavy (non-hydrogen) atoms. The van der Waals surface area contributed by atoms with E-state index in [9.17, 15) is 0 Å². The number of likely N-dealkylation sites (tertiary alicyclic amines) is 1. The molecule has 1 aliphatic heterocycles. The molecule has 2 unspecified atom stereocenters. The summed E-state index contributed by atoms with van der Waals surface area (Å²) in [6.07, 6.45) is 4.38. The zero-order chi connectivity index (χ0) is 13.0. The molecule has 0 N–H and O–H groups in total. The highest BCUT2D eigenvalue weighted by Gasteiger charge is 2.43. The van der Waals surface area contributed by atoms with Crippen molar-refractivity contribution in [2.24, 2.45) is 23.7 Å². The third-order valence-corrected chi connectivity index (χ3v) is 4.97. The van der Waals surface area contributed by atoms with Crippen LogP contribution in [0.15, 0.2) is 0 Å². The summed E-state index contributed by atoms with van der Waals surface area (Å²) in [5.74, 6) is 4.03. The fraction of sp³-hybridized carbons (Fsp3) is 1.00. The molecule has 0 aromatic heterocycles. The van der Waals surface area contributed by atoms with Crippen molar-refractivity contribution in [3.63, 3.8) is 0 Å². The minimum atomic E-state index is 0.756. The predicted octanol–water partition coefficient (Wildman–Crippen LogP) is 4.43. The molecule has 4 atom stereocenters. The number of nitrogens with zero attached hydrogens (tertiary/aromatic N) is 1. The molecule has 1 saturated carbocycles. The van der Waals surface area contributed by atoms with E-state index < -0.39 is 0 Å². The molecule has 2 bridgehead atoms. The molecular weight excluding hydrogens is 206 g/mol. The van der Waals surface area contributed by atoms with E-state index in [4.69, 9.17) is 0 Å². The highest BCUT2D eigenvalue weighted by molar-refractivity contribution is 4.95. The van der Waals surface area contributed by atoms with Gasteiger partial charge in [-0.25, -0.2) is 0 Å². The standard InChI is InChI=1S/C14H27N.C2H6/c1-5-11(4)14-12-6-7-13(14)9-15(8-12)10(2)3;1-2/h10-14H,5-9H2,1-4H3;1-2H3/t11?,12-,13+,14?;.